The summed E-state index contributed by atoms with van der Waals surface area (Å²) in [5, 5.41) is 8.57. The first-order valence-electron chi connectivity index (χ1n) is 5.60. The van der Waals surface area contributed by atoms with E-state index < -0.39 is 5.97 Å². The molecule has 0 aliphatic rings. The van der Waals surface area contributed by atoms with Crippen molar-refractivity contribution in [1.82, 2.24) is 4.90 Å². The number of rotatable bonds is 6. The molecule has 16 heavy (non-hydrogen) atoms. The largest absolute Gasteiger partial charge is 0.481 e. The van der Waals surface area contributed by atoms with E-state index >= 15 is 0 Å². The smallest absolute Gasteiger partial charge is 0.303 e. The highest BCUT2D eigenvalue weighted by Crippen LogP contribution is 2.08. The van der Waals surface area contributed by atoms with E-state index in [1.165, 1.54) is 5.56 Å². The lowest BCUT2D eigenvalue weighted by molar-refractivity contribution is -0.136. The Morgan fingerprint density at radius 1 is 1.25 bits per heavy atom. The number of aliphatic carboxylic acids is 1. The van der Waals surface area contributed by atoms with Crippen LogP contribution in [-0.2, 0) is 17.8 Å². The van der Waals surface area contributed by atoms with Gasteiger partial charge >= 0.3 is 5.97 Å². The van der Waals surface area contributed by atoms with Gasteiger partial charge in [-0.15, -0.1) is 0 Å². The van der Waals surface area contributed by atoms with Gasteiger partial charge in [-0.25, -0.2) is 0 Å². The lowest BCUT2D eigenvalue weighted by atomic mass is 10.1. The summed E-state index contributed by atoms with van der Waals surface area (Å²) in [6.45, 7) is 4.09. The molecule has 0 aromatic heterocycles. The van der Waals surface area contributed by atoms with Crippen LogP contribution in [0.2, 0.25) is 0 Å². The third-order valence-corrected chi connectivity index (χ3v) is 2.64. The van der Waals surface area contributed by atoms with Gasteiger partial charge in [0.2, 0.25) is 0 Å². The average Bonchev–Trinajstić information content (AvgIpc) is 2.28. The van der Waals surface area contributed by atoms with Crippen molar-refractivity contribution < 1.29 is 9.90 Å². The van der Waals surface area contributed by atoms with E-state index in [-0.39, 0.29) is 6.42 Å². The third-order valence-electron chi connectivity index (χ3n) is 2.64. The summed E-state index contributed by atoms with van der Waals surface area (Å²) in [5.74, 6) is -0.741. The first kappa shape index (κ1) is 12.7. The quantitative estimate of drug-likeness (QED) is 0.800. The maximum atomic E-state index is 10.4. The maximum Gasteiger partial charge on any atom is 0.303 e. The van der Waals surface area contributed by atoms with Crippen LogP contribution in [0.3, 0.4) is 0 Å². The predicted octanol–water partition coefficient (Wildman–Crippen LogP) is 2.16. The highest BCUT2D eigenvalue weighted by Gasteiger charge is 2.00. The van der Waals surface area contributed by atoms with Crippen molar-refractivity contribution in [1.29, 1.82) is 0 Å². The molecule has 1 aromatic carbocycles. The minimum atomic E-state index is -0.741. The number of hydrogen-bond acceptors (Lipinski definition) is 2. The van der Waals surface area contributed by atoms with Gasteiger partial charge in [-0.3, -0.25) is 4.79 Å². The van der Waals surface area contributed by atoms with Gasteiger partial charge in [0.1, 0.15) is 0 Å². The zero-order valence-electron chi connectivity index (χ0n) is 9.94. The molecule has 0 heterocycles. The van der Waals surface area contributed by atoms with E-state index in [4.69, 9.17) is 5.11 Å². The summed E-state index contributed by atoms with van der Waals surface area (Å²) in [4.78, 5) is 12.6. The normalized spacial score (nSPS) is 10.7. The zero-order chi connectivity index (χ0) is 12.0. The van der Waals surface area contributed by atoms with E-state index in [1.807, 2.05) is 12.1 Å². The fourth-order valence-corrected chi connectivity index (χ4v) is 1.49. The van der Waals surface area contributed by atoms with Crippen LogP contribution < -0.4 is 0 Å². The number of aryl methyl sites for hydroxylation is 1. The van der Waals surface area contributed by atoms with Crippen molar-refractivity contribution in [3.8, 4) is 0 Å². The fraction of sp³-hybridized carbons (Fsp3) is 0.462. The highest BCUT2D eigenvalue weighted by atomic mass is 16.4. The number of benzene rings is 1. The Morgan fingerprint density at radius 2 is 1.81 bits per heavy atom. The summed E-state index contributed by atoms with van der Waals surface area (Å²) in [7, 11) is 2.08. The Balaban J connectivity index is 2.50. The van der Waals surface area contributed by atoms with Gasteiger partial charge in [0.25, 0.3) is 0 Å². The summed E-state index contributed by atoms with van der Waals surface area (Å²) in [6, 6.07) is 8.18. The Kier molecular flexibility index (Phi) is 4.99. The summed E-state index contributed by atoms with van der Waals surface area (Å²) in [6.07, 6.45) is 0.813. The topological polar surface area (TPSA) is 40.5 Å². The Labute approximate surface area is 96.7 Å². The van der Waals surface area contributed by atoms with Crippen LogP contribution in [0.5, 0.6) is 0 Å². The number of carboxylic acids is 1. The van der Waals surface area contributed by atoms with Crippen LogP contribution in [0.25, 0.3) is 0 Å². The lowest BCUT2D eigenvalue weighted by Crippen LogP contribution is -2.16. The third kappa shape index (κ3) is 4.45. The van der Waals surface area contributed by atoms with E-state index in [0.717, 1.165) is 18.7 Å². The Morgan fingerprint density at radius 3 is 2.31 bits per heavy atom. The molecule has 0 spiro atoms. The second kappa shape index (κ2) is 6.28. The molecule has 0 aliphatic carbocycles. The van der Waals surface area contributed by atoms with Gasteiger partial charge in [0.05, 0.1) is 0 Å². The average molecular weight is 221 g/mol. The minimum Gasteiger partial charge on any atom is -0.481 e. The van der Waals surface area contributed by atoms with Crippen molar-refractivity contribution in [2.45, 2.75) is 26.3 Å². The second-order valence-corrected chi connectivity index (χ2v) is 4.04. The molecule has 0 radical (unpaired) electrons. The molecular formula is C13H19NO2. The molecule has 0 amide bonds. The Hall–Kier alpha value is -1.35. The molecule has 1 aromatic rings. The molecule has 0 atom stereocenters. The molecule has 1 rings (SSSR count). The van der Waals surface area contributed by atoms with E-state index in [1.54, 1.807) is 0 Å². The second-order valence-electron chi connectivity index (χ2n) is 4.04. The van der Waals surface area contributed by atoms with Gasteiger partial charge in [-0.05, 0) is 31.1 Å². The molecule has 0 unspecified atom stereocenters. The van der Waals surface area contributed by atoms with Crippen LogP contribution in [0.1, 0.15) is 24.5 Å². The first-order chi connectivity index (χ1) is 7.61. The first-order valence-corrected chi connectivity index (χ1v) is 5.60. The molecule has 0 bridgehead atoms. The maximum absolute atomic E-state index is 10.4. The van der Waals surface area contributed by atoms with Crippen molar-refractivity contribution in [3.05, 3.63) is 35.4 Å². The van der Waals surface area contributed by atoms with Gasteiger partial charge in [0, 0.05) is 13.0 Å². The van der Waals surface area contributed by atoms with Crippen LogP contribution in [0.4, 0.5) is 0 Å². The molecule has 88 valence electrons. The number of nitrogens with zero attached hydrogens (tertiary/aromatic N) is 1. The van der Waals surface area contributed by atoms with Gasteiger partial charge < -0.3 is 10.0 Å². The molecule has 0 saturated carbocycles. The summed E-state index contributed by atoms with van der Waals surface area (Å²) in [5.41, 5.74) is 2.36. The van der Waals surface area contributed by atoms with Gasteiger partial charge in [-0.2, -0.15) is 0 Å². The molecular weight excluding hydrogens is 202 g/mol. The van der Waals surface area contributed by atoms with Crippen molar-refractivity contribution in [3.63, 3.8) is 0 Å². The van der Waals surface area contributed by atoms with E-state index in [0.29, 0.717) is 6.42 Å². The monoisotopic (exact) mass is 221 g/mol. The van der Waals surface area contributed by atoms with Crippen LogP contribution in [0, 0.1) is 0 Å². The fourth-order valence-electron chi connectivity index (χ4n) is 1.49. The van der Waals surface area contributed by atoms with Crippen LogP contribution in [0.15, 0.2) is 24.3 Å². The number of hydrogen-bond donors (Lipinski definition) is 1. The van der Waals surface area contributed by atoms with Crippen molar-refractivity contribution in [2.75, 3.05) is 13.6 Å². The van der Waals surface area contributed by atoms with Crippen LogP contribution in [-0.4, -0.2) is 29.6 Å². The van der Waals surface area contributed by atoms with Crippen molar-refractivity contribution in [2.24, 2.45) is 0 Å². The molecule has 0 fully saturated rings. The zero-order valence-corrected chi connectivity index (χ0v) is 9.94. The molecule has 1 N–H and O–H groups in total. The Bertz CT molecular complexity index is 332. The van der Waals surface area contributed by atoms with Gasteiger partial charge in [-0.1, -0.05) is 31.2 Å². The number of carbonyl (C=O) groups is 1. The number of carboxylic acid groups (broad SMARTS) is 1. The molecule has 3 heteroatoms. The summed E-state index contributed by atoms with van der Waals surface area (Å²) >= 11 is 0. The van der Waals surface area contributed by atoms with E-state index in [9.17, 15) is 4.79 Å². The molecule has 3 nitrogen and oxygen atoms in total. The standard InChI is InChI=1S/C13H19NO2/c1-3-14(2)10-12-6-4-11(5-7-12)8-9-13(15)16/h4-7H,3,8-10H2,1-2H3,(H,15,16). The molecule has 0 aliphatic heterocycles. The lowest BCUT2D eigenvalue weighted by Gasteiger charge is -2.13. The predicted molar refractivity (Wildman–Crippen MR) is 64.4 cm³/mol. The van der Waals surface area contributed by atoms with Crippen molar-refractivity contribution >= 4 is 5.97 Å². The minimum absolute atomic E-state index is 0.203. The SMILES string of the molecule is CCN(C)Cc1ccc(CCC(=O)O)cc1. The van der Waals surface area contributed by atoms with Gasteiger partial charge in [0.15, 0.2) is 0 Å². The highest BCUT2D eigenvalue weighted by molar-refractivity contribution is 5.67. The van der Waals surface area contributed by atoms with Crippen LogP contribution >= 0.6 is 0 Å². The van der Waals surface area contributed by atoms with E-state index in [2.05, 4.69) is 31.0 Å². The summed E-state index contributed by atoms with van der Waals surface area (Å²) < 4.78 is 0. The molecule has 0 saturated heterocycles.